The minimum atomic E-state index is -0.0657. The molecule has 0 saturated heterocycles. The molecule has 0 amide bonds. The Morgan fingerprint density at radius 2 is 1.86 bits per heavy atom. The van der Waals surface area contributed by atoms with E-state index < -0.39 is 0 Å². The molecule has 204 valence electrons. The molecule has 37 heavy (non-hydrogen) atoms. The second-order valence-corrected chi connectivity index (χ2v) is 9.73. The Morgan fingerprint density at radius 1 is 1.08 bits per heavy atom. The van der Waals surface area contributed by atoms with Gasteiger partial charge in [0.2, 0.25) is 0 Å². The van der Waals surface area contributed by atoms with E-state index in [9.17, 15) is 0 Å². The molecule has 9 nitrogen and oxygen atoms in total. The van der Waals surface area contributed by atoms with Crippen LogP contribution in [-0.2, 0) is 18.9 Å². The zero-order valence-electron chi connectivity index (χ0n) is 22.4. The van der Waals surface area contributed by atoms with E-state index in [1.54, 1.807) is 14.2 Å². The normalized spacial score (nSPS) is 22.4. The predicted octanol–water partition coefficient (Wildman–Crippen LogP) is 6.51. The Morgan fingerprint density at radius 3 is 2.59 bits per heavy atom. The van der Waals surface area contributed by atoms with Gasteiger partial charge in [0.25, 0.3) is 0 Å². The van der Waals surface area contributed by atoms with Gasteiger partial charge in [-0.1, -0.05) is 30.6 Å². The van der Waals surface area contributed by atoms with Gasteiger partial charge in [0, 0.05) is 50.4 Å². The summed E-state index contributed by atoms with van der Waals surface area (Å²) in [7, 11) is 3.24. The van der Waals surface area contributed by atoms with Crippen molar-refractivity contribution in [3.63, 3.8) is 0 Å². The van der Waals surface area contributed by atoms with E-state index in [-0.39, 0.29) is 19.0 Å². The van der Waals surface area contributed by atoms with Crippen LogP contribution in [0.25, 0.3) is 10.4 Å². The summed E-state index contributed by atoms with van der Waals surface area (Å²) in [4.78, 5) is 2.78. The lowest BCUT2D eigenvalue weighted by Gasteiger charge is -2.47. The minimum absolute atomic E-state index is 0.0657. The van der Waals surface area contributed by atoms with Gasteiger partial charge in [0.1, 0.15) is 17.3 Å². The van der Waals surface area contributed by atoms with Crippen molar-refractivity contribution in [2.24, 2.45) is 16.4 Å². The summed E-state index contributed by atoms with van der Waals surface area (Å²) in [5, 5.41) is 3.56. The van der Waals surface area contributed by atoms with Crippen LogP contribution < -0.4 is 9.47 Å². The lowest BCUT2D eigenvalue weighted by molar-refractivity contribution is 0.00767. The predicted molar refractivity (Wildman–Crippen MR) is 141 cm³/mol. The molecule has 3 rings (SSSR count). The van der Waals surface area contributed by atoms with Crippen molar-refractivity contribution < 1.29 is 28.4 Å². The number of allylic oxidation sites excluding steroid dienone is 3. The monoisotopic (exact) mass is 515 g/mol. The van der Waals surface area contributed by atoms with Gasteiger partial charge in [-0.15, -0.1) is 0 Å². The second-order valence-electron chi connectivity index (χ2n) is 9.73. The van der Waals surface area contributed by atoms with Gasteiger partial charge in [0.05, 0.1) is 6.61 Å². The van der Waals surface area contributed by atoms with E-state index in [0.29, 0.717) is 31.6 Å². The molecule has 0 saturated carbocycles. The molecule has 0 radical (unpaired) electrons. The molecule has 1 aliphatic heterocycles. The molecule has 1 aliphatic carbocycles. The fourth-order valence-corrected chi connectivity index (χ4v) is 5.09. The van der Waals surface area contributed by atoms with Crippen LogP contribution in [0, 0.1) is 11.3 Å². The number of hydrogen-bond acceptors (Lipinski definition) is 7. The van der Waals surface area contributed by atoms with E-state index in [0.717, 1.165) is 62.4 Å². The average molecular weight is 516 g/mol. The molecule has 3 atom stereocenters. The smallest absolute Gasteiger partial charge is 0.188 e. The summed E-state index contributed by atoms with van der Waals surface area (Å²) in [5.41, 5.74) is 9.50. The number of unbranched alkanes of at least 4 members (excludes halogenated alkanes) is 2. The van der Waals surface area contributed by atoms with Crippen molar-refractivity contribution in [1.82, 2.24) is 0 Å². The van der Waals surface area contributed by atoms with Crippen molar-refractivity contribution in [2.45, 2.75) is 51.4 Å². The van der Waals surface area contributed by atoms with Crippen LogP contribution >= 0.6 is 0 Å². The van der Waals surface area contributed by atoms with Crippen LogP contribution in [0.2, 0.25) is 0 Å². The lowest BCUT2D eigenvalue weighted by atomic mass is 9.61. The maximum Gasteiger partial charge on any atom is 0.188 e. The van der Waals surface area contributed by atoms with Crippen LogP contribution in [-0.4, -0.2) is 54.2 Å². The highest BCUT2D eigenvalue weighted by molar-refractivity contribution is 5.45. The summed E-state index contributed by atoms with van der Waals surface area (Å²) in [6.07, 6.45) is 12.3. The van der Waals surface area contributed by atoms with Crippen molar-refractivity contribution in [2.75, 3.05) is 54.2 Å². The highest BCUT2D eigenvalue weighted by atomic mass is 16.7. The number of fused-ring (bicyclic) bond motifs is 1. The first-order valence-corrected chi connectivity index (χ1v) is 13.1. The van der Waals surface area contributed by atoms with E-state index in [1.165, 1.54) is 5.56 Å². The highest BCUT2D eigenvalue weighted by Gasteiger charge is 2.45. The summed E-state index contributed by atoms with van der Waals surface area (Å²) < 4.78 is 33.5. The molecule has 1 heterocycles. The molecule has 1 aromatic carbocycles. The Kier molecular flexibility index (Phi) is 12.1. The molecular formula is C28H41N3O6. The number of hydrogen-bond donors (Lipinski definition) is 0. The first-order chi connectivity index (χ1) is 18.1. The van der Waals surface area contributed by atoms with Crippen LogP contribution in [0.4, 0.5) is 0 Å². The average Bonchev–Trinajstić information content (AvgIpc) is 2.93. The highest BCUT2D eigenvalue weighted by Crippen LogP contribution is 2.53. The molecule has 9 heteroatoms. The number of methoxy groups -OCH3 is 2. The lowest BCUT2D eigenvalue weighted by Crippen LogP contribution is -2.42. The third kappa shape index (κ3) is 8.40. The Balaban J connectivity index is 1.64. The molecule has 0 N–H and O–H groups in total. The van der Waals surface area contributed by atoms with E-state index in [4.69, 9.17) is 34.0 Å². The maximum atomic E-state index is 8.34. The van der Waals surface area contributed by atoms with Gasteiger partial charge in [0.15, 0.2) is 13.6 Å². The van der Waals surface area contributed by atoms with Gasteiger partial charge in [-0.3, -0.25) is 0 Å². The Hall–Kier alpha value is -2.71. The molecule has 0 bridgehead atoms. The summed E-state index contributed by atoms with van der Waals surface area (Å²) in [6, 6.07) is 6.14. The fourth-order valence-electron chi connectivity index (χ4n) is 5.09. The summed E-state index contributed by atoms with van der Waals surface area (Å²) in [5.74, 6) is 3.16. The van der Waals surface area contributed by atoms with E-state index in [1.807, 2.05) is 12.1 Å². The van der Waals surface area contributed by atoms with Crippen molar-refractivity contribution >= 4 is 0 Å². The first-order valence-electron chi connectivity index (χ1n) is 13.1. The number of nitrogens with zero attached hydrogens (tertiary/aromatic N) is 3. The Bertz CT molecular complexity index is 946. The van der Waals surface area contributed by atoms with E-state index in [2.05, 4.69) is 41.2 Å². The zero-order chi connectivity index (χ0) is 26.3. The van der Waals surface area contributed by atoms with Gasteiger partial charge in [-0.25, -0.2) is 0 Å². The summed E-state index contributed by atoms with van der Waals surface area (Å²) >= 11 is 0. The fraction of sp³-hybridized carbons (Fsp3) is 0.643. The standard InChI is InChI=1S/C28H41N3O6/c1-28(22-9-11-23(12-10-22)36-20-32-2)19-35-27-18-24(37-21-33-3)13-14-25(27)26(28)8-4-6-16-34-17-7-5-15-30-31-29/h9,11-14,18,22,26H,4-8,10,15-17,19-21H2,1-3H3. The van der Waals surface area contributed by atoms with Gasteiger partial charge < -0.3 is 28.4 Å². The molecule has 3 unspecified atom stereocenters. The number of benzene rings is 1. The van der Waals surface area contributed by atoms with Crippen molar-refractivity contribution in [1.29, 1.82) is 0 Å². The molecular weight excluding hydrogens is 474 g/mol. The third-order valence-electron chi connectivity index (χ3n) is 7.19. The molecule has 0 fully saturated rings. The van der Waals surface area contributed by atoms with Crippen LogP contribution in [0.15, 0.2) is 47.3 Å². The molecule has 0 aromatic heterocycles. The minimum Gasteiger partial charge on any atom is -0.493 e. The second kappa shape index (κ2) is 15.5. The molecule has 1 aromatic rings. The SMILES string of the molecule is COCOC1=CCC(C2(C)COc3cc(OCOC)ccc3C2CCCCOCCCCN=[N+]=[N-])C=C1. The number of azide groups is 1. The summed E-state index contributed by atoms with van der Waals surface area (Å²) in [6.45, 7) is 5.42. The van der Waals surface area contributed by atoms with Crippen LogP contribution in [0.5, 0.6) is 11.5 Å². The van der Waals surface area contributed by atoms with Gasteiger partial charge >= 0.3 is 0 Å². The third-order valence-corrected chi connectivity index (χ3v) is 7.19. The molecule has 0 spiro atoms. The van der Waals surface area contributed by atoms with Crippen molar-refractivity contribution in [3.8, 4) is 11.5 Å². The van der Waals surface area contributed by atoms with Gasteiger partial charge in [-0.05, 0) is 73.3 Å². The van der Waals surface area contributed by atoms with Crippen LogP contribution in [0.1, 0.15) is 56.9 Å². The maximum absolute atomic E-state index is 8.34. The zero-order valence-corrected chi connectivity index (χ0v) is 22.4. The first kappa shape index (κ1) is 28.9. The Labute approximate surface area is 220 Å². The van der Waals surface area contributed by atoms with Crippen LogP contribution in [0.3, 0.4) is 0 Å². The topological polar surface area (TPSA) is 104 Å². The quantitative estimate of drug-likeness (QED) is 0.0770. The number of ether oxygens (including phenoxy) is 6. The molecule has 2 aliphatic rings. The van der Waals surface area contributed by atoms with Crippen molar-refractivity contribution in [3.05, 3.63) is 58.2 Å². The largest absolute Gasteiger partial charge is 0.493 e. The van der Waals surface area contributed by atoms with E-state index >= 15 is 0 Å². The number of rotatable bonds is 17. The van der Waals surface area contributed by atoms with Gasteiger partial charge in [-0.2, -0.15) is 0 Å².